The summed E-state index contributed by atoms with van der Waals surface area (Å²) in [6, 6.07) is 18.9. The lowest BCUT2D eigenvalue weighted by molar-refractivity contribution is 0.174. The minimum atomic E-state index is -0.410. The van der Waals surface area contributed by atoms with Gasteiger partial charge in [-0.2, -0.15) is 4.98 Å². The molecule has 0 saturated heterocycles. The number of carbonyl (C=O) groups excluding carboxylic acids is 1. The van der Waals surface area contributed by atoms with Gasteiger partial charge in [0.15, 0.2) is 11.5 Å². The van der Waals surface area contributed by atoms with Crippen LogP contribution in [-0.4, -0.2) is 34.4 Å². The highest BCUT2D eigenvalue weighted by atomic mass is 32.1. The number of hydrogen-bond donors (Lipinski definition) is 1. The van der Waals surface area contributed by atoms with Gasteiger partial charge in [-0.05, 0) is 48.6 Å². The van der Waals surface area contributed by atoms with Crippen molar-refractivity contribution in [3.05, 3.63) is 88.1 Å². The van der Waals surface area contributed by atoms with Gasteiger partial charge in [0, 0.05) is 22.7 Å². The monoisotopic (exact) mass is 486 g/mol. The number of thiophene rings is 1. The predicted octanol–water partition coefficient (Wildman–Crippen LogP) is 5.27. The largest absolute Gasteiger partial charge is 0.454 e. The minimum Gasteiger partial charge on any atom is -0.454 e. The van der Waals surface area contributed by atoms with Crippen LogP contribution in [0.5, 0.6) is 11.5 Å². The van der Waals surface area contributed by atoms with Gasteiger partial charge in [0.25, 0.3) is 5.89 Å². The number of nitrogens with zero attached hydrogens (tertiary/aromatic N) is 3. The number of carbonyl (C=O) groups is 1. The standard InChI is InChI=1S/C26H22N4O4S/c1-16-22(25-28-24(29-34-25)18-9-10-20-21(14-18)33-15-32-20)23(17-6-3-2-4-7-17)27-26(31)30(16)12-11-19-8-5-13-35-19/h2-10,13-14,23H,11-12,15H2,1H3,(H,27,31). The molecule has 9 heteroatoms. The van der Waals surface area contributed by atoms with Crippen molar-refractivity contribution in [3.8, 4) is 22.9 Å². The van der Waals surface area contributed by atoms with Gasteiger partial charge in [-0.3, -0.25) is 4.90 Å². The van der Waals surface area contributed by atoms with Gasteiger partial charge in [0.1, 0.15) is 0 Å². The number of amides is 2. The summed E-state index contributed by atoms with van der Waals surface area (Å²) >= 11 is 1.68. The second kappa shape index (κ2) is 8.92. The lowest BCUT2D eigenvalue weighted by Gasteiger charge is -2.35. The average Bonchev–Trinajstić information content (AvgIpc) is 3.65. The van der Waals surface area contributed by atoms with Crippen LogP contribution in [0.25, 0.3) is 17.0 Å². The van der Waals surface area contributed by atoms with Gasteiger partial charge in [0.2, 0.25) is 12.6 Å². The number of allylic oxidation sites excluding steroid dienone is 1. The van der Waals surface area contributed by atoms with E-state index >= 15 is 0 Å². The van der Waals surface area contributed by atoms with E-state index in [1.807, 2.05) is 66.9 Å². The van der Waals surface area contributed by atoms with Crippen molar-refractivity contribution in [1.82, 2.24) is 20.4 Å². The number of fused-ring (bicyclic) bond motifs is 1. The molecule has 2 amide bonds. The summed E-state index contributed by atoms with van der Waals surface area (Å²) in [4.78, 5) is 20.8. The van der Waals surface area contributed by atoms with Crippen LogP contribution < -0.4 is 14.8 Å². The van der Waals surface area contributed by atoms with E-state index in [1.54, 1.807) is 16.2 Å². The zero-order valence-corrected chi connectivity index (χ0v) is 19.7. The molecule has 0 spiro atoms. The molecule has 176 valence electrons. The number of benzene rings is 2. The van der Waals surface area contributed by atoms with E-state index in [4.69, 9.17) is 19.0 Å². The number of hydrogen-bond acceptors (Lipinski definition) is 7. The molecule has 1 unspecified atom stereocenters. The first kappa shape index (κ1) is 21.4. The van der Waals surface area contributed by atoms with Crippen molar-refractivity contribution in [2.45, 2.75) is 19.4 Å². The maximum Gasteiger partial charge on any atom is 0.322 e. The highest BCUT2D eigenvalue weighted by molar-refractivity contribution is 7.09. The molecule has 2 aromatic heterocycles. The number of aromatic nitrogens is 2. The summed E-state index contributed by atoms with van der Waals surface area (Å²) in [6.07, 6.45) is 0.762. The molecule has 2 aliphatic rings. The fourth-order valence-electron chi connectivity index (χ4n) is 4.39. The molecule has 0 aliphatic carbocycles. The Labute approximate surface area is 205 Å². The van der Waals surface area contributed by atoms with Crippen molar-refractivity contribution < 1.29 is 18.8 Å². The lowest BCUT2D eigenvalue weighted by atomic mass is 9.94. The van der Waals surface area contributed by atoms with Gasteiger partial charge < -0.3 is 19.3 Å². The maximum absolute atomic E-state index is 13.2. The van der Waals surface area contributed by atoms with Crippen LogP contribution in [0.1, 0.15) is 29.3 Å². The highest BCUT2D eigenvalue weighted by Gasteiger charge is 2.35. The number of ether oxygens (including phenoxy) is 2. The molecule has 4 aromatic rings. The topological polar surface area (TPSA) is 89.7 Å². The molecule has 4 heterocycles. The Hall–Kier alpha value is -4.11. The molecule has 2 aromatic carbocycles. The average molecular weight is 487 g/mol. The molecule has 35 heavy (non-hydrogen) atoms. The summed E-state index contributed by atoms with van der Waals surface area (Å²) in [5.41, 5.74) is 3.27. The first-order valence-electron chi connectivity index (χ1n) is 11.3. The van der Waals surface area contributed by atoms with Crippen molar-refractivity contribution in [3.63, 3.8) is 0 Å². The van der Waals surface area contributed by atoms with Gasteiger partial charge >= 0.3 is 6.03 Å². The zero-order chi connectivity index (χ0) is 23.8. The van der Waals surface area contributed by atoms with E-state index in [9.17, 15) is 4.79 Å². The fraction of sp³-hybridized carbons (Fsp3) is 0.192. The zero-order valence-electron chi connectivity index (χ0n) is 18.9. The summed E-state index contributed by atoms with van der Waals surface area (Å²) in [5.74, 6) is 2.14. The minimum absolute atomic E-state index is 0.146. The van der Waals surface area contributed by atoms with E-state index < -0.39 is 6.04 Å². The van der Waals surface area contributed by atoms with E-state index in [-0.39, 0.29) is 12.8 Å². The molecular weight excluding hydrogens is 464 g/mol. The second-order valence-corrected chi connectivity index (χ2v) is 9.30. The third-order valence-corrected chi connectivity index (χ3v) is 7.11. The molecular formula is C26H22N4O4S. The normalized spacial score (nSPS) is 17.1. The number of nitrogens with one attached hydrogen (secondary N) is 1. The third-order valence-electron chi connectivity index (χ3n) is 6.18. The highest BCUT2D eigenvalue weighted by Crippen LogP contribution is 2.39. The van der Waals surface area contributed by atoms with Crippen molar-refractivity contribution in [2.75, 3.05) is 13.3 Å². The SMILES string of the molecule is CC1=C(c2nc(-c3ccc4c(c3)OCO4)no2)C(c2ccccc2)NC(=O)N1CCc1cccs1. The summed E-state index contributed by atoms with van der Waals surface area (Å²) in [6.45, 7) is 2.68. The predicted molar refractivity (Wildman–Crippen MR) is 131 cm³/mol. The third kappa shape index (κ3) is 4.04. The van der Waals surface area contributed by atoms with E-state index in [1.165, 1.54) is 4.88 Å². The van der Waals surface area contributed by atoms with Crippen LogP contribution in [-0.2, 0) is 6.42 Å². The molecule has 0 bridgehead atoms. The van der Waals surface area contributed by atoms with Gasteiger partial charge in [0.05, 0.1) is 11.6 Å². The first-order chi connectivity index (χ1) is 17.2. The summed E-state index contributed by atoms with van der Waals surface area (Å²) < 4.78 is 16.7. The Kier molecular flexibility index (Phi) is 5.46. The smallest absolute Gasteiger partial charge is 0.322 e. The Morgan fingerprint density at radius 3 is 2.77 bits per heavy atom. The molecule has 1 N–H and O–H groups in total. The van der Waals surface area contributed by atoms with Crippen molar-refractivity contribution in [1.29, 1.82) is 0 Å². The van der Waals surface area contributed by atoms with Crippen LogP contribution in [0.2, 0.25) is 0 Å². The van der Waals surface area contributed by atoms with Crippen molar-refractivity contribution >= 4 is 22.9 Å². The van der Waals surface area contributed by atoms with Crippen LogP contribution in [0, 0.1) is 0 Å². The number of urea groups is 1. The molecule has 8 nitrogen and oxygen atoms in total. The van der Waals surface area contributed by atoms with E-state index in [0.29, 0.717) is 29.8 Å². The Bertz CT molecular complexity index is 1400. The quantitative estimate of drug-likeness (QED) is 0.400. The van der Waals surface area contributed by atoms with Gasteiger partial charge in [-0.25, -0.2) is 4.79 Å². The molecule has 6 rings (SSSR count). The molecule has 1 atom stereocenters. The van der Waals surface area contributed by atoms with Crippen LogP contribution in [0.15, 0.2) is 76.3 Å². The maximum atomic E-state index is 13.2. The second-order valence-electron chi connectivity index (χ2n) is 8.26. The van der Waals surface area contributed by atoms with Gasteiger partial charge in [-0.1, -0.05) is 41.6 Å². The molecule has 0 radical (unpaired) electrons. The Morgan fingerprint density at radius 1 is 1.09 bits per heavy atom. The molecule has 2 aliphatic heterocycles. The summed E-state index contributed by atoms with van der Waals surface area (Å²) in [5, 5.41) is 9.42. The molecule has 0 fully saturated rings. The van der Waals surface area contributed by atoms with Crippen LogP contribution in [0.3, 0.4) is 0 Å². The number of rotatable bonds is 6. The Morgan fingerprint density at radius 2 is 1.94 bits per heavy atom. The Balaban J connectivity index is 1.38. The lowest BCUT2D eigenvalue weighted by Crippen LogP contribution is -2.46. The van der Waals surface area contributed by atoms with E-state index in [0.717, 1.165) is 28.8 Å². The van der Waals surface area contributed by atoms with Crippen molar-refractivity contribution in [2.24, 2.45) is 0 Å². The van der Waals surface area contributed by atoms with Crippen LogP contribution >= 0.6 is 11.3 Å². The summed E-state index contributed by atoms with van der Waals surface area (Å²) in [7, 11) is 0. The van der Waals surface area contributed by atoms with E-state index in [2.05, 4.69) is 16.5 Å². The van der Waals surface area contributed by atoms with Gasteiger partial charge in [-0.15, -0.1) is 11.3 Å². The van der Waals surface area contributed by atoms with Crippen LogP contribution in [0.4, 0.5) is 4.79 Å². The first-order valence-corrected chi connectivity index (χ1v) is 12.2. The molecule has 0 saturated carbocycles. The fourth-order valence-corrected chi connectivity index (χ4v) is 5.08.